The molecule has 2 unspecified atom stereocenters. The predicted octanol–water partition coefficient (Wildman–Crippen LogP) is 0.589. The second kappa shape index (κ2) is 7.82. The largest absolute Gasteiger partial charge is 0.469 e. The summed E-state index contributed by atoms with van der Waals surface area (Å²) >= 11 is 0. The first-order valence-electron chi connectivity index (χ1n) is 7.66. The number of aromatic nitrogens is 2. The second-order valence-electron chi connectivity index (χ2n) is 5.61. The number of nitrogens with zero attached hydrogens (tertiary/aromatic N) is 4. The van der Waals surface area contributed by atoms with Crippen molar-refractivity contribution in [2.75, 3.05) is 33.8 Å². The third-order valence-electron chi connectivity index (χ3n) is 4.03. The number of nitrogens with one attached hydrogen (secondary N) is 1. The van der Waals surface area contributed by atoms with Gasteiger partial charge in [0, 0.05) is 45.6 Å². The summed E-state index contributed by atoms with van der Waals surface area (Å²) in [4.78, 5) is 18.2. The number of aliphatic imine (C=N–C) groups is 1. The molecule has 1 saturated heterocycles. The molecule has 0 aromatic carbocycles. The zero-order chi connectivity index (χ0) is 15.9. The monoisotopic (exact) mass is 307 g/mol. The quantitative estimate of drug-likeness (QED) is 0.373. The van der Waals surface area contributed by atoms with Gasteiger partial charge in [0.1, 0.15) is 0 Å². The highest BCUT2D eigenvalue weighted by molar-refractivity contribution is 5.82. The van der Waals surface area contributed by atoms with Gasteiger partial charge in [0.25, 0.3) is 0 Å². The molecule has 1 N–H and O–H groups in total. The van der Waals surface area contributed by atoms with Crippen molar-refractivity contribution in [3.05, 3.63) is 18.5 Å². The van der Waals surface area contributed by atoms with E-state index in [1.165, 1.54) is 7.11 Å². The summed E-state index contributed by atoms with van der Waals surface area (Å²) in [6, 6.07) is 1.92. The molecular weight excluding hydrogens is 282 g/mol. The molecule has 22 heavy (non-hydrogen) atoms. The van der Waals surface area contributed by atoms with Crippen molar-refractivity contribution in [1.82, 2.24) is 20.0 Å². The van der Waals surface area contributed by atoms with E-state index in [-0.39, 0.29) is 17.8 Å². The lowest BCUT2D eigenvalue weighted by atomic mass is 9.99. The van der Waals surface area contributed by atoms with E-state index in [9.17, 15) is 4.79 Å². The maximum Gasteiger partial charge on any atom is 0.310 e. The van der Waals surface area contributed by atoms with E-state index in [0.29, 0.717) is 6.54 Å². The third-order valence-corrected chi connectivity index (χ3v) is 4.03. The smallest absolute Gasteiger partial charge is 0.310 e. The van der Waals surface area contributed by atoms with E-state index in [4.69, 9.17) is 4.74 Å². The first-order chi connectivity index (χ1) is 10.7. The molecular formula is C15H25N5O2. The molecule has 1 aliphatic heterocycles. The second-order valence-corrected chi connectivity index (χ2v) is 5.61. The van der Waals surface area contributed by atoms with Crippen LogP contribution >= 0.6 is 0 Å². The summed E-state index contributed by atoms with van der Waals surface area (Å²) in [6.45, 7) is 5.25. The fraction of sp³-hybridized carbons (Fsp3) is 0.667. The fourth-order valence-electron chi connectivity index (χ4n) is 2.80. The van der Waals surface area contributed by atoms with Crippen molar-refractivity contribution in [2.24, 2.45) is 16.8 Å². The van der Waals surface area contributed by atoms with Crippen molar-refractivity contribution in [3.63, 3.8) is 0 Å². The van der Waals surface area contributed by atoms with Crippen molar-refractivity contribution >= 4 is 11.9 Å². The molecule has 0 bridgehead atoms. The van der Waals surface area contributed by atoms with Crippen molar-refractivity contribution in [3.8, 4) is 0 Å². The Morgan fingerprint density at radius 2 is 2.32 bits per heavy atom. The fourth-order valence-corrected chi connectivity index (χ4v) is 2.80. The van der Waals surface area contributed by atoms with Gasteiger partial charge in [-0.3, -0.25) is 14.5 Å². The summed E-state index contributed by atoms with van der Waals surface area (Å²) < 4.78 is 6.78. The van der Waals surface area contributed by atoms with Crippen LogP contribution in [0.5, 0.6) is 0 Å². The number of rotatable bonds is 5. The third kappa shape index (κ3) is 3.99. The van der Waals surface area contributed by atoms with Crippen LogP contribution in [0.3, 0.4) is 0 Å². The van der Waals surface area contributed by atoms with Crippen LogP contribution in [0, 0.1) is 11.8 Å². The van der Waals surface area contributed by atoms with Crippen LogP contribution in [0.2, 0.25) is 0 Å². The summed E-state index contributed by atoms with van der Waals surface area (Å²) in [6.07, 6.45) is 4.70. The van der Waals surface area contributed by atoms with Crippen molar-refractivity contribution in [2.45, 2.75) is 19.9 Å². The van der Waals surface area contributed by atoms with Gasteiger partial charge in [-0.1, -0.05) is 6.92 Å². The van der Waals surface area contributed by atoms with Gasteiger partial charge in [-0.15, -0.1) is 0 Å². The Labute approximate surface area is 131 Å². The van der Waals surface area contributed by atoms with Gasteiger partial charge in [0.2, 0.25) is 0 Å². The Balaban J connectivity index is 1.78. The van der Waals surface area contributed by atoms with Crippen molar-refractivity contribution < 1.29 is 9.53 Å². The molecule has 0 radical (unpaired) electrons. The van der Waals surface area contributed by atoms with Crippen LogP contribution in [-0.2, 0) is 16.1 Å². The molecule has 1 fully saturated rings. The maximum absolute atomic E-state index is 11.8. The Bertz CT molecular complexity index is 500. The van der Waals surface area contributed by atoms with E-state index in [0.717, 1.165) is 32.0 Å². The molecule has 0 aliphatic carbocycles. The molecule has 0 saturated carbocycles. The van der Waals surface area contributed by atoms with E-state index in [1.807, 2.05) is 16.9 Å². The lowest BCUT2D eigenvalue weighted by Crippen LogP contribution is -2.41. The van der Waals surface area contributed by atoms with Gasteiger partial charge in [-0.25, -0.2) is 0 Å². The lowest BCUT2D eigenvalue weighted by molar-refractivity contribution is -0.145. The standard InChI is InChI=1S/C15H25N5O2/c1-12-10-19(11-13(12)14(21)22-3)15(16-2)17-6-4-8-20-9-5-7-18-20/h5,7,9,12-13H,4,6,8,10-11H2,1-3H3,(H,16,17). The molecule has 1 aromatic rings. The topological polar surface area (TPSA) is 71.8 Å². The normalized spacial score (nSPS) is 22.0. The van der Waals surface area contributed by atoms with Gasteiger partial charge < -0.3 is 15.0 Å². The number of esters is 1. The highest BCUT2D eigenvalue weighted by Gasteiger charge is 2.36. The zero-order valence-electron chi connectivity index (χ0n) is 13.5. The average Bonchev–Trinajstić information content (AvgIpc) is 3.16. The van der Waals surface area contributed by atoms with Gasteiger partial charge in [0.05, 0.1) is 13.0 Å². The van der Waals surface area contributed by atoms with Crippen LogP contribution in [0.25, 0.3) is 0 Å². The number of ether oxygens (including phenoxy) is 1. The van der Waals surface area contributed by atoms with Gasteiger partial charge >= 0.3 is 5.97 Å². The molecule has 2 heterocycles. The number of guanidine groups is 1. The van der Waals surface area contributed by atoms with Gasteiger partial charge in [0.15, 0.2) is 5.96 Å². The molecule has 122 valence electrons. The first-order valence-corrected chi connectivity index (χ1v) is 7.66. The van der Waals surface area contributed by atoms with E-state index in [1.54, 1.807) is 13.2 Å². The predicted molar refractivity (Wildman–Crippen MR) is 84.4 cm³/mol. The number of carbonyl (C=O) groups is 1. The number of hydrogen-bond donors (Lipinski definition) is 1. The average molecular weight is 307 g/mol. The minimum atomic E-state index is -0.135. The van der Waals surface area contributed by atoms with E-state index < -0.39 is 0 Å². The van der Waals surface area contributed by atoms with Crippen LogP contribution in [-0.4, -0.2) is 60.4 Å². The van der Waals surface area contributed by atoms with Gasteiger partial charge in [-0.2, -0.15) is 5.10 Å². The van der Waals surface area contributed by atoms with E-state index >= 15 is 0 Å². The molecule has 7 heteroatoms. The van der Waals surface area contributed by atoms with Crippen LogP contribution in [0.4, 0.5) is 0 Å². The first kappa shape index (κ1) is 16.3. The Morgan fingerprint density at radius 1 is 1.50 bits per heavy atom. The lowest BCUT2D eigenvalue weighted by Gasteiger charge is -2.21. The Morgan fingerprint density at radius 3 is 2.95 bits per heavy atom. The molecule has 2 atom stereocenters. The SMILES string of the molecule is CN=C(NCCCn1cccn1)N1CC(C)C(C(=O)OC)C1. The molecule has 0 spiro atoms. The summed E-state index contributed by atoms with van der Waals surface area (Å²) in [7, 11) is 3.21. The number of methoxy groups -OCH3 is 1. The van der Waals surface area contributed by atoms with Crippen LogP contribution in [0.15, 0.2) is 23.5 Å². The summed E-state index contributed by atoms with van der Waals surface area (Å²) in [5.74, 6) is 0.908. The highest BCUT2D eigenvalue weighted by Crippen LogP contribution is 2.23. The highest BCUT2D eigenvalue weighted by atomic mass is 16.5. The minimum Gasteiger partial charge on any atom is -0.469 e. The summed E-state index contributed by atoms with van der Waals surface area (Å²) in [5, 5.41) is 7.53. The Kier molecular flexibility index (Phi) is 5.80. The minimum absolute atomic E-state index is 0.0763. The Hall–Kier alpha value is -2.05. The van der Waals surface area contributed by atoms with Gasteiger partial charge in [-0.05, 0) is 18.4 Å². The molecule has 0 amide bonds. The number of aryl methyl sites for hydroxylation is 1. The molecule has 7 nitrogen and oxygen atoms in total. The molecule has 1 aromatic heterocycles. The van der Waals surface area contributed by atoms with Crippen LogP contribution < -0.4 is 5.32 Å². The number of hydrogen-bond acceptors (Lipinski definition) is 4. The maximum atomic E-state index is 11.8. The van der Waals surface area contributed by atoms with Crippen molar-refractivity contribution in [1.29, 1.82) is 0 Å². The number of likely N-dealkylation sites (tertiary alicyclic amines) is 1. The zero-order valence-corrected chi connectivity index (χ0v) is 13.5. The summed E-state index contributed by atoms with van der Waals surface area (Å²) in [5.41, 5.74) is 0. The number of carbonyl (C=O) groups excluding carboxylic acids is 1. The molecule has 2 rings (SSSR count). The van der Waals surface area contributed by atoms with E-state index in [2.05, 4.69) is 27.2 Å². The van der Waals surface area contributed by atoms with Crippen LogP contribution in [0.1, 0.15) is 13.3 Å². The molecule has 1 aliphatic rings.